The molecule has 2 aromatic carbocycles. The second-order valence-corrected chi connectivity index (χ2v) is 8.45. The molecule has 150 valence electrons. The van der Waals surface area contributed by atoms with Crippen molar-refractivity contribution in [3.63, 3.8) is 0 Å². The number of aromatic nitrogens is 1. The minimum absolute atomic E-state index is 0.141. The van der Waals surface area contributed by atoms with Gasteiger partial charge in [0.25, 0.3) is 0 Å². The van der Waals surface area contributed by atoms with E-state index in [1.807, 2.05) is 6.07 Å². The Labute approximate surface area is 172 Å². The Morgan fingerprint density at radius 1 is 0.897 bits per heavy atom. The molecule has 0 saturated carbocycles. The number of hydrogen-bond donors (Lipinski definition) is 1. The van der Waals surface area contributed by atoms with Gasteiger partial charge in [0, 0.05) is 30.2 Å². The molecule has 0 radical (unpaired) electrons. The normalized spacial score (nSPS) is 19.7. The maximum Gasteiger partial charge on any atom is 0.244 e. The second kappa shape index (κ2) is 8.03. The summed E-state index contributed by atoms with van der Waals surface area (Å²) < 4.78 is 0. The van der Waals surface area contributed by atoms with E-state index in [1.54, 1.807) is 0 Å². The summed E-state index contributed by atoms with van der Waals surface area (Å²) in [5.74, 6) is 0.847. The number of rotatable bonds is 4. The predicted octanol–water partition coefficient (Wildman–Crippen LogP) is 4.71. The Hall–Kier alpha value is -2.59. The zero-order valence-corrected chi connectivity index (χ0v) is 16.9. The summed E-state index contributed by atoms with van der Waals surface area (Å²) in [6, 6.07) is 18.8. The number of nitrogens with zero attached hydrogens (tertiary/aromatic N) is 2. The highest BCUT2D eigenvalue weighted by Crippen LogP contribution is 2.36. The second-order valence-electron chi connectivity index (χ2n) is 8.45. The first-order valence-electron chi connectivity index (χ1n) is 10.9. The Balaban J connectivity index is 1.35. The molecule has 2 saturated heterocycles. The summed E-state index contributed by atoms with van der Waals surface area (Å²) in [6.07, 6.45) is 6.65. The van der Waals surface area contributed by atoms with Gasteiger partial charge in [0.05, 0.1) is 0 Å². The van der Waals surface area contributed by atoms with Gasteiger partial charge >= 0.3 is 0 Å². The number of fused-ring (bicyclic) bond motifs is 1. The van der Waals surface area contributed by atoms with E-state index in [0.717, 1.165) is 57.4 Å². The molecule has 1 amide bonds. The minimum Gasteiger partial charge on any atom is -0.361 e. The summed E-state index contributed by atoms with van der Waals surface area (Å²) in [5, 5.41) is 1.35. The first kappa shape index (κ1) is 18.4. The molecule has 3 aromatic rings. The molecule has 1 aromatic heterocycles. The molecular formula is C25H29N3O. The summed E-state index contributed by atoms with van der Waals surface area (Å²) in [4.78, 5) is 21.3. The maximum atomic E-state index is 13.4. The average molecular weight is 388 g/mol. The zero-order chi connectivity index (χ0) is 19.6. The molecule has 5 rings (SSSR count). The molecule has 2 fully saturated rings. The third kappa shape index (κ3) is 3.58. The number of benzene rings is 2. The molecular weight excluding hydrogens is 358 g/mol. The van der Waals surface area contributed by atoms with Gasteiger partial charge in [-0.1, -0.05) is 48.5 Å². The van der Waals surface area contributed by atoms with Gasteiger partial charge in [0.15, 0.2) is 0 Å². The van der Waals surface area contributed by atoms with Gasteiger partial charge < -0.3 is 9.88 Å². The van der Waals surface area contributed by atoms with Crippen LogP contribution in [-0.4, -0.2) is 46.9 Å². The van der Waals surface area contributed by atoms with Crippen molar-refractivity contribution >= 4 is 16.8 Å². The standard InChI is InChI=1S/C25H29N3O/c29-25(28-14-6-7-15-28)24(20-8-2-1-3-9-20)27-16-12-19(13-17-27)22-18-26-23-11-5-4-10-21(22)23/h1-5,8-11,18-19,24,26H,6-7,12-17H2. The largest absolute Gasteiger partial charge is 0.361 e. The van der Waals surface area contributed by atoms with Crippen LogP contribution in [0.4, 0.5) is 0 Å². The first-order valence-corrected chi connectivity index (χ1v) is 10.9. The van der Waals surface area contributed by atoms with Crippen LogP contribution >= 0.6 is 0 Å². The van der Waals surface area contributed by atoms with Gasteiger partial charge in [0.2, 0.25) is 5.91 Å². The Morgan fingerprint density at radius 2 is 1.59 bits per heavy atom. The Morgan fingerprint density at radius 3 is 2.34 bits per heavy atom. The number of para-hydroxylation sites is 1. The molecule has 29 heavy (non-hydrogen) atoms. The number of carbonyl (C=O) groups excluding carboxylic acids is 1. The van der Waals surface area contributed by atoms with Crippen LogP contribution in [0.2, 0.25) is 0 Å². The molecule has 2 aliphatic rings. The monoisotopic (exact) mass is 387 g/mol. The third-order valence-electron chi connectivity index (χ3n) is 6.72. The van der Waals surface area contributed by atoms with Gasteiger partial charge in [-0.05, 0) is 61.9 Å². The van der Waals surface area contributed by atoms with Crippen LogP contribution in [0, 0.1) is 0 Å². The van der Waals surface area contributed by atoms with Crippen molar-refractivity contribution in [2.45, 2.75) is 37.6 Å². The van der Waals surface area contributed by atoms with Crippen molar-refractivity contribution in [2.24, 2.45) is 0 Å². The highest BCUT2D eigenvalue weighted by molar-refractivity contribution is 5.84. The lowest BCUT2D eigenvalue weighted by molar-refractivity contribution is -0.136. The summed E-state index contributed by atoms with van der Waals surface area (Å²) in [6.45, 7) is 3.74. The fourth-order valence-corrected chi connectivity index (χ4v) is 5.16. The van der Waals surface area contributed by atoms with E-state index >= 15 is 0 Å². The lowest BCUT2D eigenvalue weighted by Gasteiger charge is -2.38. The molecule has 1 unspecified atom stereocenters. The van der Waals surface area contributed by atoms with Gasteiger partial charge in [-0.25, -0.2) is 0 Å². The lowest BCUT2D eigenvalue weighted by Crippen LogP contribution is -2.45. The number of aromatic amines is 1. The van der Waals surface area contributed by atoms with Crippen LogP contribution in [0.25, 0.3) is 10.9 Å². The van der Waals surface area contributed by atoms with Crippen LogP contribution in [0.3, 0.4) is 0 Å². The number of amides is 1. The Kier molecular flexibility index (Phi) is 5.11. The van der Waals surface area contributed by atoms with E-state index < -0.39 is 0 Å². The topological polar surface area (TPSA) is 39.3 Å². The van der Waals surface area contributed by atoms with Gasteiger partial charge in [-0.2, -0.15) is 0 Å². The quantitative estimate of drug-likeness (QED) is 0.704. The summed E-state index contributed by atoms with van der Waals surface area (Å²) >= 11 is 0. The van der Waals surface area contributed by atoms with Crippen molar-refractivity contribution < 1.29 is 4.79 Å². The van der Waals surface area contributed by atoms with Gasteiger partial charge in [-0.15, -0.1) is 0 Å². The molecule has 2 aliphatic heterocycles. The smallest absolute Gasteiger partial charge is 0.244 e. The van der Waals surface area contributed by atoms with Crippen LogP contribution in [0.15, 0.2) is 60.8 Å². The van der Waals surface area contributed by atoms with Crippen molar-refractivity contribution in [1.29, 1.82) is 0 Å². The Bertz CT molecular complexity index is 966. The highest BCUT2D eigenvalue weighted by atomic mass is 16.2. The number of hydrogen-bond acceptors (Lipinski definition) is 2. The number of piperidine rings is 1. The number of nitrogens with one attached hydrogen (secondary N) is 1. The van der Waals surface area contributed by atoms with E-state index in [1.165, 1.54) is 16.5 Å². The SMILES string of the molecule is O=C(C(c1ccccc1)N1CCC(c2c[nH]c3ccccc23)CC1)N1CCCC1. The average Bonchev–Trinajstić information content (AvgIpc) is 3.46. The molecule has 0 spiro atoms. The van der Waals surface area contributed by atoms with Crippen LogP contribution in [0.5, 0.6) is 0 Å². The van der Waals surface area contributed by atoms with E-state index in [4.69, 9.17) is 0 Å². The van der Waals surface area contributed by atoms with Crippen molar-refractivity contribution in [2.75, 3.05) is 26.2 Å². The first-order chi connectivity index (χ1) is 14.3. The zero-order valence-electron chi connectivity index (χ0n) is 16.9. The third-order valence-corrected chi connectivity index (χ3v) is 6.72. The maximum absolute atomic E-state index is 13.4. The fraction of sp³-hybridized carbons (Fsp3) is 0.400. The molecule has 0 bridgehead atoms. The number of likely N-dealkylation sites (tertiary alicyclic amines) is 2. The number of carbonyl (C=O) groups is 1. The molecule has 0 aliphatic carbocycles. The predicted molar refractivity (Wildman–Crippen MR) is 117 cm³/mol. The molecule has 3 heterocycles. The highest BCUT2D eigenvalue weighted by Gasteiger charge is 2.35. The van der Waals surface area contributed by atoms with Crippen molar-refractivity contribution in [3.05, 3.63) is 71.9 Å². The van der Waals surface area contributed by atoms with Crippen molar-refractivity contribution in [3.8, 4) is 0 Å². The minimum atomic E-state index is -0.141. The fourth-order valence-electron chi connectivity index (χ4n) is 5.16. The van der Waals surface area contributed by atoms with E-state index in [2.05, 4.69) is 69.5 Å². The lowest BCUT2D eigenvalue weighted by atomic mass is 9.88. The van der Waals surface area contributed by atoms with E-state index in [9.17, 15) is 4.79 Å². The van der Waals surface area contributed by atoms with Crippen LogP contribution in [0.1, 0.15) is 48.8 Å². The van der Waals surface area contributed by atoms with Crippen LogP contribution in [-0.2, 0) is 4.79 Å². The molecule has 1 N–H and O–H groups in total. The van der Waals surface area contributed by atoms with Crippen molar-refractivity contribution in [1.82, 2.24) is 14.8 Å². The summed E-state index contributed by atoms with van der Waals surface area (Å²) in [7, 11) is 0. The van der Waals surface area contributed by atoms with Gasteiger partial charge in [0.1, 0.15) is 6.04 Å². The molecule has 1 atom stereocenters. The van der Waals surface area contributed by atoms with Crippen LogP contribution < -0.4 is 0 Å². The van der Waals surface area contributed by atoms with Gasteiger partial charge in [-0.3, -0.25) is 9.69 Å². The summed E-state index contributed by atoms with van der Waals surface area (Å²) in [5.41, 5.74) is 3.79. The number of H-pyrrole nitrogens is 1. The molecule has 4 nitrogen and oxygen atoms in total. The van der Waals surface area contributed by atoms with E-state index in [0.29, 0.717) is 11.8 Å². The van der Waals surface area contributed by atoms with E-state index in [-0.39, 0.29) is 6.04 Å². The molecule has 4 heteroatoms.